The highest BCUT2D eigenvalue weighted by molar-refractivity contribution is 5.91. The second-order valence-electron chi connectivity index (χ2n) is 6.26. The second kappa shape index (κ2) is 7.45. The molecule has 152 valence electrons. The summed E-state index contributed by atoms with van der Waals surface area (Å²) < 4.78 is 39.5. The number of carbonyl (C=O) groups is 1. The lowest BCUT2D eigenvalue weighted by atomic mass is 10.1. The van der Waals surface area contributed by atoms with Gasteiger partial charge in [0.05, 0.1) is 4.92 Å². The third-order valence-corrected chi connectivity index (χ3v) is 4.25. The topological polar surface area (TPSA) is 115 Å². The molecule has 0 saturated carbocycles. The number of hydrogen-bond donors (Lipinski definition) is 1. The molecule has 12 heteroatoms. The molecule has 0 atom stereocenters. The lowest BCUT2D eigenvalue weighted by molar-refractivity contribution is -0.384. The molecule has 1 N–H and O–H groups in total. The van der Waals surface area contributed by atoms with Crippen LogP contribution in [0.5, 0.6) is 0 Å². The molecule has 1 amide bonds. The van der Waals surface area contributed by atoms with Gasteiger partial charge in [0.2, 0.25) is 5.91 Å². The van der Waals surface area contributed by atoms with Crippen molar-refractivity contribution < 1.29 is 22.9 Å². The van der Waals surface area contributed by atoms with Crippen LogP contribution in [0.1, 0.15) is 29.2 Å². The Hall–Kier alpha value is -3.57. The summed E-state index contributed by atoms with van der Waals surface area (Å²) in [6, 6.07) is 5.50. The molecule has 0 bridgehead atoms. The van der Waals surface area contributed by atoms with E-state index in [9.17, 15) is 28.1 Å². The maximum Gasteiger partial charge on any atom is 0.453 e. The number of aryl methyl sites for hydroxylation is 2. The van der Waals surface area contributed by atoms with Gasteiger partial charge in [-0.3, -0.25) is 14.9 Å². The van der Waals surface area contributed by atoms with Gasteiger partial charge < -0.3 is 5.32 Å². The largest absolute Gasteiger partial charge is 0.453 e. The molecule has 0 aliphatic rings. The first-order valence-electron chi connectivity index (χ1n) is 8.40. The Morgan fingerprint density at radius 2 is 2.00 bits per heavy atom. The highest BCUT2D eigenvalue weighted by Crippen LogP contribution is 2.27. The second-order valence-corrected chi connectivity index (χ2v) is 6.26. The van der Waals surface area contributed by atoms with Gasteiger partial charge in [-0.05, 0) is 31.9 Å². The van der Waals surface area contributed by atoms with Crippen molar-refractivity contribution in [3.05, 3.63) is 57.2 Å². The Morgan fingerprint density at radius 3 is 2.66 bits per heavy atom. The van der Waals surface area contributed by atoms with Crippen LogP contribution in [0.3, 0.4) is 0 Å². The van der Waals surface area contributed by atoms with Crippen molar-refractivity contribution in [1.82, 2.24) is 19.6 Å². The summed E-state index contributed by atoms with van der Waals surface area (Å²) in [6.45, 7) is 3.19. The number of benzene rings is 1. The molecule has 0 spiro atoms. The van der Waals surface area contributed by atoms with E-state index in [-0.39, 0.29) is 30.0 Å². The van der Waals surface area contributed by atoms with Crippen LogP contribution in [0.25, 0.3) is 5.78 Å². The van der Waals surface area contributed by atoms with Gasteiger partial charge in [0.15, 0.2) is 0 Å². The highest BCUT2D eigenvalue weighted by atomic mass is 19.4. The van der Waals surface area contributed by atoms with Gasteiger partial charge in [-0.2, -0.15) is 18.2 Å². The van der Waals surface area contributed by atoms with E-state index in [2.05, 4.69) is 20.4 Å². The van der Waals surface area contributed by atoms with E-state index in [1.54, 1.807) is 13.8 Å². The third kappa shape index (κ3) is 4.31. The summed E-state index contributed by atoms with van der Waals surface area (Å²) in [5.74, 6) is -1.86. The van der Waals surface area contributed by atoms with Crippen LogP contribution in [-0.4, -0.2) is 30.4 Å². The number of non-ortho nitro benzene ring substituents is 1. The smallest absolute Gasteiger partial charge is 0.326 e. The van der Waals surface area contributed by atoms with Crippen molar-refractivity contribution in [2.45, 2.75) is 32.9 Å². The van der Waals surface area contributed by atoms with Crippen LogP contribution < -0.4 is 5.32 Å². The van der Waals surface area contributed by atoms with E-state index >= 15 is 0 Å². The summed E-state index contributed by atoms with van der Waals surface area (Å²) in [5, 5.41) is 16.8. The number of alkyl halides is 3. The van der Waals surface area contributed by atoms with Crippen LogP contribution in [0, 0.1) is 24.0 Å². The Bertz CT molecular complexity index is 1110. The number of carbonyl (C=O) groups excluding carboxylic acids is 1. The van der Waals surface area contributed by atoms with E-state index < -0.39 is 22.8 Å². The average Bonchev–Trinajstić information content (AvgIpc) is 3.06. The number of nitrogens with zero attached hydrogens (tertiary/aromatic N) is 5. The molecule has 9 nitrogen and oxygen atoms in total. The molecule has 2 heterocycles. The monoisotopic (exact) mass is 408 g/mol. The van der Waals surface area contributed by atoms with E-state index in [0.29, 0.717) is 17.0 Å². The Morgan fingerprint density at radius 1 is 1.28 bits per heavy atom. The molecular weight excluding hydrogens is 393 g/mol. The number of halogens is 3. The van der Waals surface area contributed by atoms with Gasteiger partial charge in [-0.25, -0.2) is 9.50 Å². The minimum atomic E-state index is -4.69. The molecule has 0 radical (unpaired) electrons. The standard InChI is InChI=1S/C17H15F3N6O3/c1-9-13(10(2)25-16(21-9)23-15(24-25)17(18,19)20)6-7-14(27)22-11-4-3-5-12(8-11)26(28)29/h3-5,8H,6-7H2,1-2H3,(H,22,27). The van der Waals surface area contributed by atoms with E-state index in [1.165, 1.54) is 24.3 Å². The Labute approximate surface area is 161 Å². The van der Waals surface area contributed by atoms with Gasteiger partial charge in [0.1, 0.15) is 0 Å². The zero-order valence-corrected chi connectivity index (χ0v) is 15.3. The first kappa shape index (κ1) is 20.2. The summed E-state index contributed by atoms with van der Waals surface area (Å²) in [5.41, 5.74) is 1.54. The summed E-state index contributed by atoms with van der Waals surface area (Å²) in [7, 11) is 0. The number of nitrogens with one attached hydrogen (secondary N) is 1. The number of nitro groups is 1. The molecule has 3 rings (SSSR count). The molecule has 29 heavy (non-hydrogen) atoms. The van der Waals surface area contributed by atoms with E-state index in [1.807, 2.05) is 0 Å². The molecule has 0 fully saturated rings. The zero-order chi connectivity index (χ0) is 21.3. The highest BCUT2D eigenvalue weighted by Gasteiger charge is 2.36. The number of anilines is 1. The fourth-order valence-corrected chi connectivity index (χ4v) is 2.85. The fraction of sp³-hybridized carbons (Fsp3) is 0.294. The number of hydrogen-bond acceptors (Lipinski definition) is 6. The molecule has 0 aliphatic heterocycles. The average molecular weight is 408 g/mol. The minimum absolute atomic E-state index is 0.00160. The molecular formula is C17H15F3N6O3. The predicted molar refractivity (Wildman–Crippen MR) is 95.3 cm³/mol. The molecule has 2 aromatic heterocycles. The van der Waals surface area contributed by atoms with Gasteiger partial charge in [-0.1, -0.05) is 6.07 Å². The molecule has 0 saturated heterocycles. The molecule has 0 aliphatic carbocycles. The summed E-state index contributed by atoms with van der Waals surface area (Å²) in [4.78, 5) is 29.9. The number of fused-ring (bicyclic) bond motifs is 1. The van der Waals surface area contributed by atoms with Crippen molar-refractivity contribution in [3.63, 3.8) is 0 Å². The van der Waals surface area contributed by atoms with Crippen LogP contribution in [-0.2, 0) is 17.4 Å². The molecule has 3 aromatic rings. The molecule has 1 aromatic carbocycles. The van der Waals surface area contributed by atoms with Gasteiger partial charge in [-0.15, -0.1) is 5.10 Å². The number of aromatic nitrogens is 4. The van der Waals surface area contributed by atoms with Crippen LogP contribution in [0.4, 0.5) is 24.5 Å². The Balaban J connectivity index is 1.77. The minimum Gasteiger partial charge on any atom is -0.326 e. The van der Waals surface area contributed by atoms with Gasteiger partial charge in [0, 0.05) is 35.6 Å². The van der Waals surface area contributed by atoms with Crippen molar-refractivity contribution in [3.8, 4) is 0 Å². The normalized spacial score (nSPS) is 11.6. The van der Waals surface area contributed by atoms with Gasteiger partial charge in [0.25, 0.3) is 17.3 Å². The lowest BCUT2D eigenvalue weighted by Gasteiger charge is -2.10. The lowest BCUT2D eigenvalue weighted by Crippen LogP contribution is -2.14. The van der Waals surface area contributed by atoms with Crippen LogP contribution in [0.2, 0.25) is 0 Å². The van der Waals surface area contributed by atoms with Crippen LogP contribution in [0.15, 0.2) is 24.3 Å². The summed E-state index contributed by atoms with van der Waals surface area (Å²) in [6.07, 6.45) is -4.49. The van der Waals surface area contributed by atoms with E-state index in [4.69, 9.17) is 0 Å². The fourth-order valence-electron chi connectivity index (χ4n) is 2.85. The van der Waals surface area contributed by atoms with Crippen molar-refractivity contribution in [2.24, 2.45) is 0 Å². The predicted octanol–water partition coefficient (Wildman–Crippen LogP) is 3.24. The van der Waals surface area contributed by atoms with Crippen LogP contribution >= 0.6 is 0 Å². The van der Waals surface area contributed by atoms with E-state index in [0.717, 1.165) is 4.52 Å². The number of nitro benzene ring substituents is 1. The number of amides is 1. The number of rotatable bonds is 5. The van der Waals surface area contributed by atoms with Crippen molar-refractivity contribution >= 4 is 23.1 Å². The SMILES string of the molecule is Cc1nc2nc(C(F)(F)F)nn2c(C)c1CCC(=O)Nc1cccc([N+](=O)[O-])c1. The third-order valence-electron chi connectivity index (χ3n) is 4.25. The zero-order valence-electron chi connectivity index (χ0n) is 15.3. The summed E-state index contributed by atoms with van der Waals surface area (Å²) >= 11 is 0. The van der Waals surface area contributed by atoms with Crippen molar-refractivity contribution in [1.29, 1.82) is 0 Å². The first-order valence-corrected chi connectivity index (χ1v) is 8.40. The maximum atomic E-state index is 12.8. The first-order chi connectivity index (χ1) is 13.6. The maximum absolute atomic E-state index is 12.8. The van der Waals surface area contributed by atoms with Crippen molar-refractivity contribution in [2.75, 3.05) is 5.32 Å². The quantitative estimate of drug-likeness (QED) is 0.512. The Kier molecular flexibility index (Phi) is 5.18. The van der Waals surface area contributed by atoms with Gasteiger partial charge >= 0.3 is 6.18 Å². The molecule has 0 unspecified atom stereocenters.